The van der Waals surface area contributed by atoms with E-state index in [0.29, 0.717) is 31.7 Å². The number of amides is 1. The van der Waals surface area contributed by atoms with Crippen LogP contribution in [0.1, 0.15) is 10.4 Å². The third-order valence-electron chi connectivity index (χ3n) is 3.95. The Balaban J connectivity index is 1.70. The minimum atomic E-state index is -3.33. The maximum atomic E-state index is 12.6. The van der Waals surface area contributed by atoms with Gasteiger partial charge in [0, 0.05) is 50.4 Å². The van der Waals surface area contributed by atoms with Crippen LogP contribution in [-0.2, 0) is 9.84 Å². The molecule has 0 N–H and O–H groups in total. The van der Waals surface area contributed by atoms with Gasteiger partial charge in [0.15, 0.2) is 9.84 Å². The summed E-state index contributed by atoms with van der Waals surface area (Å²) in [6, 6.07) is 6.18. The summed E-state index contributed by atoms with van der Waals surface area (Å²) < 4.78 is 23.3. The molecule has 1 saturated heterocycles. The molecule has 8 heteroatoms. The molecule has 2 heterocycles. The molecule has 0 saturated carbocycles. The average molecular weight is 346 g/mol. The minimum Gasteiger partial charge on any atom is -0.352 e. The number of piperazine rings is 1. The molecule has 1 aliphatic rings. The zero-order chi connectivity index (χ0) is 17.2. The monoisotopic (exact) mass is 346 g/mol. The Morgan fingerprint density at radius 1 is 1.12 bits per heavy atom. The molecule has 0 unspecified atom stereocenters. The van der Waals surface area contributed by atoms with Gasteiger partial charge in [-0.2, -0.15) is 0 Å². The van der Waals surface area contributed by atoms with Crippen LogP contribution in [0.2, 0.25) is 0 Å². The molecule has 0 atom stereocenters. The quantitative estimate of drug-likeness (QED) is 0.819. The summed E-state index contributed by atoms with van der Waals surface area (Å²) >= 11 is 0. The smallest absolute Gasteiger partial charge is 0.254 e. The molecule has 0 radical (unpaired) electrons. The second-order valence-corrected chi connectivity index (χ2v) is 7.66. The van der Waals surface area contributed by atoms with E-state index < -0.39 is 9.84 Å². The van der Waals surface area contributed by atoms with Crippen LogP contribution in [0, 0.1) is 0 Å². The number of anilines is 1. The first-order valence-electron chi connectivity index (χ1n) is 7.55. The van der Waals surface area contributed by atoms with Crippen molar-refractivity contribution in [2.24, 2.45) is 0 Å². The molecule has 7 nitrogen and oxygen atoms in total. The molecular weight excluding hydrogens is 328 g/mol. The maximum Gasteiger partial charge on any atom is 0.254 e. The standard InChI is InChI=1S/C16H18N4O3S/c1-24(22,23)14-4-2-3-13(11-14)16(21)20-9-7-19(8-10-20)15-12-17-5-6-18-15/h2-6,11-12H,7-10H2,1H3. The molecule has 1 fully saturated rings. The highest BCUT2D eigenvalue weighted by Crippen LogP contribution is 2.16. The summed E-state index contributed by atoms with van der Waals surface area (Å²) in [6.45, 7) is 2.43. The molecule has 0 aliphatic carbocycles. The number of carbonyl (C=O) groups is 1. The summed E-state index contributed by atoms with van der Waals surface area (Å²) in [4.78, 5) is 24.9. The predicted molar refractivity (Wildman–Crippen MR) is 89.7 cm³/mol. The van der Waals surface area contributed by atoms with Gasteiger partial charge in [0.05, 0.1) is 11.1 Å². The minimum absolute atomic E-state index is 0.153. The zero-order valence-corrected chi connectivity index (χ0v) is 14.1. The Morgan fingerprint density at radius 2 is 1.88 bits per heavy atom. The van der Waals surface area contributed by atoms with Crippen molar-refractivity contribution >= 4 is 21.6 Å². The van der Waals surface area contributed by atoms with Gasteiger partial charge >= 0.3 is 0 Å². The first-order chi connectivity index (χ1) is 11.4. The van der Waals surface area contributed by atoms with Gasteiger partial charge in [-0.25, -0.2) is 13.4 Å². The van der Waals surface area contributed by atoms with Crippen molar-refractivity contribution in [3.8, 4) is 0 Å². The Hall–Kier alpha value is -2.48. The number of carbonyl (C=O) groups excluding carboxylic acids is 1. The van der Waals surface area contributed by atoms with E-state index in [2.05, 4.69) is 14.9 Å². The number of hydrogen-bond donors (Lipinski definition) is 0. The molecule has 126 valence electrons. The second-order valence-electron chi connectivity index (χ2n) is 5.64. The van der Waals surface area contributed by atoms with Gasteiger partial charge in [-0.15, -0.1) is 0 Å². The number of hydrogen-bond acceptors (Lipinski definition) is 6. The van der Waals surface area contributed by atoms with Crippen LogP contribution < -0.4 is 4.90 Å². The summed E-state index contributed by atoms with van der Waals surface area (Å²) in [6.07, 6.45) is 6.10. The lowest BCUT2D eigenvalue weighted by atomic mass is 10.2. The van der Waals surface area contributed by atoms with Gasteiger partial charge in [0.1, 0.15) is 5.82 Å². The van der Waals surface area contributed by atoms with Crippen LogP contribution in [0.25, 0.3) is 0 Å². The highest BCUT2D eigenvalue weighted by molar-refractivity contribution is 7.90. The third kappa shape index (κ3) is 3.53. The Kier molecular flexibility index (Phi) is 4.48. The maximum absolute atomic E-state index is 12.6. The van der Waals surface area contributed by atoms with Crippen LogP contribution in [0.15, 0.2) is 47.8 Å². The summed E-state index contributed by atoms with van der Waals surface area (Å²) in [5, 5.41) is 0. The van der Waals surface area contributed by atoms with Crippen LogP contribution in [0.4, 0.5) is 5.82 Å². The fourth-order valence-corrected chi connectivity index (χ4v) is 3.30. The fourth-order valence-electron chi connectivity index (χ4n) is 2.64. The lowest BCUT2D eigenvalue weighted by molar-refractivity contribution is 0.0746. The van der Waals surface area contributed by atoms with Crippen molar-refractivity contribution in [1.82, 2.24) is 14.9 Å². The SMILES string of the molecule is CS(=O)(=O)c1cccc(C(=O)N2CCN(c3cnccn3)CC2)c1. The van der Waals surface area contributed by atoms with Crippen molar-refractivity contribution in [3.63, 3.8) is 0 Å². The predicted octanol–water partition coefficient (Wildman–Crippen LogP) is 0.843. The van der Waals surface area contributed by atoms with Crippen molar-refractivity contribution in [3.05, 3.63) is 48.4 Å². The van der Waals surface area contributed by atoms with Gasteiger partial charge in [-0.3, -0.25) is 9.78 Å². The molecule has 1 amide bonds. The number of aromatic nitrogens is 2. The van der Waals surface area contributed by atoms with E-state index in [1.54, 1.807) is 35.6 Å². The van der Waals surface area contributed by atoms with Crippen LogP contribution in [0.5, 0.6) is 0 Å². The second kappa shape index (κ2) is 6.56. The molecule has 0 spiro atoms. The first kappa shape index (κ1) is 16.4. The van der Waals surface area contributed by atoms with E-state index in [1.807, 2.05) is 0 Å². The lowest BCUT2D eigenvalue weighted by Crippen LogP contribution is -2.49. The molecule has 24 heavy (non-hydrogen) atoms. The van der Waals surface area contributed by atoms with E-state index in [9.17, 15) is 13.2 Å². The highest BCUT2D eigenvalue weighted by Gasteiger charge is 2.23. The largest absolute Gasteiger partial charge is 0.352 e. The summed E-state index contributed by atoms with van der Waals surface area (Å²) in [5.41, 5.74) is 0.394. The van der Waals surface area contributed by atoms with Gasteiger partial charge in [0.2, 0.25) is 0 Å². The van der Waals surface area contributed by atoms with E-state index in [0.717, 1.165) is 12.1 Å². The molecular formula is C16H18N4O3S. The van der Waals surface area contributed by atoms with Crippen molar-refractivity contribution in [2.75, 3.05) is 37.3 Å². The summed E-state index contributed by atoms with van der Waals surface area (Å²) in [5.74, 6) is 0.642. The third-order valence-corrected chi connectivity index (χ3v) is 5.06. The van der Waals surface area contributed by atoms with Crippen LogP contribution >= 0.6 is 0 Å². The fraction of sp³-hybridized carbons (Fsp3) is 0.312. The van der Waals surface area contributed by atoms with Crippen molar-refractivity contribution in [2.45, 2.75) is 4.90 Å². The molecule has 0 bridgehead atoms. The molecule has 3 rings (SSSR count). The first-order valence-corrected chi connectivity index (χ1v) is 9.44. The Morgan fingerprint density at radius 3 is 2.50 bits per heavy atom. The van der Waals surface area contributed by atoms with E-state index in [4.69, 9.17) is 0 Å². The van der Waals surface area contributed by atoms with Gasteiger partial charge < -0.3 is 9.80 Å². The Labute approximate surface area is 140 Å². The number of sulfone groups is 1. The van der Waals surface area contributed by atoms with E-state index in [-0.39, 0.29) is 10.8 Å². The normalized spacial score (nSPS) is 15.4. The van der Waals surface area contributed by atoms with E-state index >= 15 is 0 Å². The molecule has 2 aromatic rings. The summed E-state index contributed by atoms with van der Waals surface area (Å²) in [7, 11) is -3.33. The van der Waals surface area contributed by atoms with Gasteiger partial charge in [-0.05, 0) is 18.2 Å². The highest BCUT2D eigenvalue weighted by atomic mass is 32.2. The van der Waals surface area contributed by atoms with Crippen molar-refractivity contribution in [1.29, 1.82) is 0 Å². The molecule has 1 aromatic heterocycles. The van der Waals surface area contributed by atoms with Crippen molar-refractivity contribution < 1.29 is 13.2 Å². The topological polar surface area (TPSA) is 83.5 Å². The number of rotatable bonds is 3. The zero-order valence-electron chi connectivity index (χ0n) is 13.3. The number of benzene rings is 1. The van der Waals surface area contributed by atoms with Gasteiger partial charge in [0.25, 0.3) is 5.91 Å². The number of nitrogens with zero attached hydrogens (tertiary/aromatic N) is 4. The van der Waals surface area contributed by atoms with Crippen LogP contribution in [-0.4, -0.2) is 61.6 Å². The van der Waals surface area contributed by atoms with Gasteiger partial charge in [-0.1, -0.05) is 6.07 Å². The van der Waals surface area contributed by atoms with E-state index in [1.165, 1.54) is 12.1 Å². The lowest BCUT2D eigenvalue weighted by Gasteiger charge is -2.35. The molecule has 1 aliphatic heterocycles. The van der Waals surface area contributed by atoms with Crippen LogP contribution in [0.3, 0.4) is 0 Å². The molecule has 1 aromatic carbocycles. The Bertz CT molecular complexity index is 831. The average Bonchev–Trinajstić information content (AvgIpc) is 2.61.